The van der Waals surface area contributed by atoms with Gasteiger partial charge in [-0.2, -0.15) is 0 Å². The second kappa shape index (κ2) is 42.9. The Morgan fingerprint density at radius 3 is 0.939 bits per heavy atom. The molecule has 8 aliphatic rings. The van der Waals surface area contributed by atoms with Crippen molar-refractivity contribution in [2.24, 2.45) is 45.3 Å². The van der Waals surface area contributed by atoms with Crippen LogP contribution in [0.4, 0.5) is 0 Å². The zero-order valence-corrected chi connectivity index (χ0v) is 80.3. The number of aryl methyl sites for hydroxylation is 2. The summed E-state index contributed by atoms with van der Waals surface area (Å²) >= 11 is 0. The highest BCUT2D eigenvalue weighted by Crippen LogP contribution is 2.62. The summed E-state index contributed by atoms with van der Waals surface area (Å²) in [5, 5.41) is 5.65. The van der Waals surface area contributed by atoms with Crippen molar-refractivity contribution in [3.05, 3.63) is 287 Å². The van der Waals surface area contributed by atoms with Gasteiger partial charge in [0.2, 0.25) is 0 Å². The molecule has 0 heterocycles. The maximum absolute atomic E-state index is 2.53. The molecule has 0 N–H and O–H groups in total. The van der Waals surface area contributed by atoms with Crippen LogP contribution in [-0.4, -0.2) is 16.1 Å². The van der Waals surface area contributed by atoms with Gasteiger partial charge in [0.15, 0.2) is 0 Å². The molecule has 622 valence electrons. The molecule has 6 saturated carbocycles. The van der Waals surface area contributed by atoms with E-state index < -0.39 is 16.1 Å². The number of hydrogen-bond acceptors (Lipinski definition) is 0. The van der Waals surface area contributed by atoms with E-state index >= 15 is 0 Å². The maximum atomic E-state index is 2.53. The van der Waals surface area contributed by atoms with Crippen LogP contribution in [0.3, 0.4) is 0 Å². The summed E-state index contributed by atoms with van der Waals surface area (Å²) in [4.78, 5) is 0. The molecule has 0 amide bonds. The Morgan fingerprint density at radius 1 is 0.289 bits per heavy atom. The molecule has 0 unspecified atom stereocenters. The lowest BCUT2D eigenvalue weighted by Crippen LogP contribution is -2.52. The van der Waals surface area contributed by atoms with Crippen LogP contribution in [0.1, 0.15) is 306 Å². The molecule has 114 heavy (non-hydrogen) atoms. The largest absolute Gasteiger partial charge is 0.112 e. The minimum Gasteiger partial charge on any atom is -0.0697 e. The number of hydrogen-bond donors (Lipinski definition) is 0. The fourth-order valence-electron chi connectivity index (χ4n) is 17.8. The van der Waals surface area contributed by atoms with E-state index in [2.05, 4.69) is 434 Å². The molecule has 8 aliphatic carbocycles. The summed E-state index contributed by atoms with van der Waals surface area (Å²) in [6.07, 6.45) is 27.6. The quantitative estimate of drug-likeness (QED) is 0.154. The van der Waals surface area contributed by atoms with Crippen molar-refractivity contribution in [2.75, 3.05) is 0 Å². The van der Waals surface area contributed by atoms with Gasteiger partial charge in [-0.25, -0.2) is 0 Å². The molecule has 0 atom stereocenters. The summed E-state index contributed by atoms with van der Waals surface area (Å²) in [5.41, 5.74) is 15.8. The summed E-state index contributed by atoms with van der Waals surface area (Å²) in [7, 11) is -2.07. The van der Waals surface area contributed by atoms with Gasteiger partial charge in [0.1, 0.15) is 8.07 Å². The predicted octanol–water partition coefficient (Wildman–Crippen LogP) is 32.9. The molecule has 0 aromatic heterocycles. The fraction of sp³-hybridized carbons (Fsp3) is 0.536. The average Bonchev–Trinajstić information content (AvgIpc) is 0.840. The van der Waals surface area contributed by atoms with Crippen LogP contribution in [0.2, 0.25) is 39.3 Å². The van der Waals surface area contributed by atoms with Crippen molar-refractivity contribution in [2.45, 2.75) is 341 Å². The standard InChI is InChI=1S/C15H16.C14H16Si.C14H16.C12H20.C12H16.C11H14.C10H14.C8H16.C7H14.C5H12.C4H12Si/c2*1-15(2,13-9-5-3-6-10-13)14-11-7-4-8-12-14;1-14(2,3)13-9-8-11-6-4-5-7-12(11)10-13;1-12(2)10-4-8-3-9(6-10)7-11(12)5-8;1-12(2)9-5-7-10-6-3-4-8-11(10)12;1-11(2)8-7-9-5-3-4-6-10(9)11;1-10(2,3)9-7-5-4-6-8-9;1-8(2)6-4-3-5-7-8;1-7(2)5-3-4-6-7;2*1-5(2,3)4/h2*3-12H,1-2H3;4-10H,1-3H3;8-11H,3-7H2,1-2H3;3-4,6,8H,5,7,9H2,1-2H3;3-6H,7-8H2,1-2H3;4-8H,1-3H3;3-7H2,1-2H3;3-6H2,1-2H3;2*1-4H3. The monoisotopic (exact) mass is 1570 g/mol. The van der Waals surface area contributed by atoms with Crippen LogP contribution in [0, 0.1) is 45.3 Å². The zero-order valence-electron chi connectivity index (χ0n) is 78.3. The third-order valence-corrected chi connectivity index (χ3v) is 29.0. The van der Waals surface area contributed by atoms with Gasteiger partial charge in [0.25, 0.3) is 0 Å². The van der Waals surface area contributed by atoms with E-state index in [1.165, 1.54) is 133 Å². The smallest absolute Gasteiger partial charge is 0.0697 e. The summed E-state index contributed by atoms with van der Waals surface area (Å²) < 4.78 is 0. The Morgan fingerprint density at radius 2 is 0.605 bits per heavy atom. The summed E-state index contributed by atoms with van der Waals surface area (Å²) in [6, 6.07) is 86.4. The summed E-state index contributed by atoms with van der Waals surface area (Å²) in [5.74, 6) is 4.46. The molecular weight excluding hydrogens is 1400 g/mol. The lowest BCUT2D eigenvalue weighted by atomic mass is 9.46. The number of fused-ring (bicyclic) bond motifs is 3. The molecule has 4 bridgehead atoms. The van der Waals surface area contributed by atoms with Gasteiger partial charge in [-0.1, -0.05) is 477 Å². The molecule has 9 aromatic rings. The van der Waals surface area contributed by atoms with Gasteiger partial charge in [0.05, 0.1) is 0 Å². The van der Waals surface area contributed by atoms with Gasteiger partial charge >= 0.3 is 0 Å². The van der Waals surface area contributed by atoms with Crippen LogP contribution in [0.15, 0.2) is 243 Å². The summed E-state index contributed by atoms with van der Waals surface area (Å²) in [6.45, 7) is 64.7. The zero-order chi connectivity index (χ0) is 84.5. The van der Waals surface area contributed by atoms with E-state index in [9.17, 15) is 0 Å². The molecule has 0 radical (unpaired) electrons. The van der Waals surface area contributed by atoms with Crippen molar-refractivity contribution in [3.8, 4) is 0 Å². The third-order valence-electron chi connectivity index (χ3n) is 25.4. The molecule has 0 saturated heterocycles. The first-order valence-corrected chi connectivity index (χ1v) is 52.0. The second-order valence-electron chi connectivity index (χ2n) is 44.8. The van der Waals surface area contributed by atoms with Crippen molar-refractivity contribution in [1.82, 2.24) is 0 Å². The van der Waals surface area contributed by atoms with Gasteiger partial charge in [-0.05, 0) is 212 Å². The fourth-order valence-corrected chi connectivity index (χ4v) is 20.2. The first-order valence-electron chi connectivity index (χ1n) is 45.0. The van der Waals surface area contributed by atoms with Crippen LogP contribution in [0.5, 0.6) is 0 Å². The highest BCUT2D eigenvalue weighted by atomic mass is 28.3. The molecule has 0 nitrogen and oxygen atoms in total. The minimum atomic E-state index is -1.46. The topological polar surface area (TPSA) is 0 Å². The minimum absolute atomic E-state index is 0.0858. The van der Waals surface area contributed by atoms with E-state index in [1.807, 2.05) is 0 Å². The van der Waals surface area contributed by atoms with E-state index in [4.69, 9.17) is 0 Å². The highest BCUT2D eigenvalue weighted by molar-refractivity contribution is 7.00. The van der Waals surface area contributed by atoms with E-state index in [0.717, 1.165) is 23.7 Å². The normalized spacial score (nSPS) is 20.0. The Balaban J connectivity index is 0.000000198. The molecule has 2 heteroatoms. The molecule has 0 spiro atoms. The van der Waals surface area contributed by atoms with Crippen molar-refractivity contribution < 1.29 is 0 Å². The van der Waals surface area contributed by atoms with Crippen molar-refractivity contribution in [1.29, 1.82) is 0 Å². The van der Waals surface area contributed by atoms with Crippen LogP contribution >= 0.6 is 0 Å². The number of rotatable bonds is 4. The second-order valence-corrected chi connectivity index (χ2v) is 55.2. The molecule has 17 rings (SSSR count). The Bertz CT molecular complexity index is 3910. The maximum Gasteiger partial charge on any atom is 0.112 e. The predicted molar refractivity (Wildman–Crippen MR) is 517 cm³/mol. The van der Waals surface area contributed by atoms with Crippen molar-refractivity contribution >= 4 is 37.3 Å². The lowest BCUT2D eigenvalue weighted by Gasteiger charge is -2.59. The highest BCUT2D eigenvalue weighted by Gasteiger charge is 2.52. The van der Waals surface area contributed by atoms with Gasteiger partial charge in [-0.3, -0.25) is 0 Å². The van der Waals surface area contributed by atoms with Crippen molar-refractivity contribution in [3.63, 3.8) is 0 Å². The average molecular weight is 1570 g/mol. The van der Waals surface area contributed by atoms with Crippen LogP contribution in [-0.2, 0) is 39.9 Å². The Kier molecular flexibility index (Phi) is 36.3. The van der Waals surface area contributed by atoms with Gasteiger partial charge < -0.3 is 0 Å². The van der Waals surface area contributed by atoms with Crippen LogP contribution in [0.25, 0.3) is 10.8 Å². The third kappa shape index (κ3) is 32.9. The first kappa shape index (κ1) is 96.5. The number of benzene rings is 9. The van der Waals surface area contributed by atoms with E-state index in [-0.39, 0.29) is 10.8 Å². The Hall–Kier alpha value is -6.33. The Labute approximate surface area is 705 Å². The van der Waals surface area contributed by atoms with E-state index in [0.29, 0.717) is 37.9 Å². The van der Waals surface area contributed by atoms with Gasteiger partial charge in [0, 0.05) is 13.5 Å². The first-order chi connectivity index (χ1) is 53.1. The lowest BCUT2D eigenvalue weighted by molar-refractivity contribution is -0.0876. The van der Waals surface area contributed by atoms with Gasteiger partial charge in [-0.15, -0.1) is 0 Å². The molecule has 9 aromatic carbocycles. The van der Waals surface area contributed by atoms with Crippen LogP contribution < -0.4 is 10.4 Å². The van der Waals surface area contributed by atoms with E-state index in [1.54, 1.807) is 54.4 Å². The molecule has 6 fully saturated rings. The SMILES string of the molecule is CC(C)(C)C.CC(C)(C)c1ccc2ccccc2c1.CC(C)(C)c1ccccc1.CC(C)(c1ccccc1)c1ccccc1.CC1(C)C2CC3CC(C2)CC1C3.CC1(C)CCCC1.CC1(C)CCCCC1.CC1(C)CCCc2ccccc21.CC1(C)CCc2ccccc21.C[Si](C)(C)C.C[Si](C)(c1ccccc1)c1ccccc1. The molecular formula is C112H166Si2. The molecule has 0 aliphatic heterocycles.